The average molecular weight is 293 g/mol. The van der Waals surface area contributed by atoms with Crippen LogP contribution in [0, 0.1) is 11.3 Å². The molecule has 0 aromatic heterocycles. The number of carbonyl (C=O) groups excluding carboxylic acids is 1. The van der Waals surface area contributed by atoms with Gasteiger partial charge in [-0.3, -0.25) is 0 Å². The van der Waals surface area contributed by atoms with E-state index in [1.54, 1.807) is 0 Å². The fraction of sp³-hybridized carbons (Fsp3) is 0.588. The molecular weight excluding hydrogens is 266 g/mol. The molecule has 2 N–H and O–H groups in total. The van der Waals surface area contributed by atoms with Crippen LogP contribution in [0.5, 0.6) is 0 Å². The summed E-state index contributed by atoms with van der Waals surface area (Å²) in [6.45, 7) is 8.61. The number of aliphatic hydroxyl groups is 1. The van der Waals surface area contributed by atoms with E-state index >= 15 is 0 Å². The third-order valence-corrected chi connectivity index (χ3v) is 3.33. The van der Waals surface area contributed by atoms with E-state index in [0.717, 1.165) is 12.0 Å². The van der Waals surface area contributed by atoms with Crippen LogP contribution in [0.4, 0.5) is 4.79 Å². The number of hydrogen-bond acceptors (Lipinski definition) is 3. The van der Waals surface area contributed by atoms with Crippen molar-refractivity contribution in [3.05, 3.63) is 35.9 Å². The average Bonchev–Trinajstić information content (AvgIpc) is 2.41. The smallest absolute Gasteiger partial charge is 0.407 e. The molecule has 0 heterocycles. The molecule has 0 radical (unpaired) electrons. The van der Waals surface area contributed by atoms with Gasteiger partial charge in [0.25, 0.3) is 0 Å². The number of amides is 1. The van der Waals surface area contributed by atoms with Crippen molar-refractivity contribution in [2.45, 2.75) is 46.8 Å². The molecule has 0 aliphatic rings. The fourth-order valence-corrected chi connectivity index (χ4v) is 2.39. The Morgan fingerprint density at radius 3 is 2.43 bits per heavy atom. The van der Waals surface area contributed by atoms with Crippen LogP contribution in [-0.2, 0) is 11.3 Å². The molecule has 0 aliphatic heterocycles. The molecule has 4 nitrogen and oxygen atoms in total. The third kappa shape index (κ3) is 7.14. The standard InChI is InChI=1S/C17H27NO3/c1-13(10-17(2,3)4)15(11-19)18-16(20)21-12-14-8-6-5-7-9-14/h5-9,13,15,19H,10-12H2,1-4H3,(H,18,20)/t13?,15-/m1/s1. The normalized spacial score (nSPS) is 14.3. The second-order valence-electron chi connectivity index (χ2n) is 6.74. The Hall–Kier alpha value is -1.55. The van der Waals surface area contributed by atoms with Gasteiger partial charge in [0.1, 0.15) is 6.61 Å². The second kappa shape index (κ2) is 8.03. The van der Waals surface area contributed by atoms with Crippen molar-refractivity contribution in [2.24, 2.45) is 11.3 Å². The number of ether oxygens (including phenoxy) is 1. The quantitative estimate of drug-likeness (QED) is 0.845. The number of aliphatic hydroxyl groups excluding tert-OH is 1. The molecule has 4 heteroatoms. The lowest BCUT2D eigenvalue weighted by molar-refractivity contribution is 0.116. The molecule has 2 atom stereocenters. The summed E-state index contributed by atoms with van der Waals surface area (Å²) in [5.41, 5.74) is 1.10. The first-order valence-electron chi connectivity index (χ1n) is 7.40. The van der Waals surface area contributed by atoms with Crippen LogP contribution in [-0.4, -0.2) is 23.8 Å². The van der Waals surface area contributed by atoms with Gasteiger partial charge < -0.3 is 15.2 Å². The van der Waals surface area contributed by atoms with Crippen LogP contribution in [0.1, 0.15) is 39.7 Å². The Labute approximate surface area is 127 Å². The summed E-state index contributed by atoms with van der Waals surface area (Å²) < 4.78 is 5.18. The van der Waals surface area contributed by atoms with Crippen LogP contribution in [0.3, 0.4) is 0 Å². The zero-order valence-corrected chi connectivity index (χ0v) is 13.4. The Morgan fingerprint density at radius 2 is 1.90 bits per heavy atom. The van der Waals surface area contributed by atoms with Crippen LogP contribution in [0.15, 0.2) is 30.3 Å². The van der Waals surface area contributed by atoms with Gasteiger partial charge in [0.15, 0.2) is 0 Å². The third-order valence-electron chi connectivity index (χ3n) is 3.33. The SMILES string of the molecule is CC(CC(C)(C)C)[C@@H](CO)NC(=O)OCc1ccccc1. The monoisotopic (exact) mass is 293 g/mol. The van der Waals surface area contributed by atoms with Crippen molar-refractivity contribution >= 4 is 6.09 Å². The first-order chi connectivity index (χ1) is 9.81. The summed E-state index contributed by atoms with van der Waals surface area (Å²) >= 11 is 0. The lowest BCUT2D eigenvalue weighted by atomic mass is 9.82. The van der Waals surface area contributed by atoms with Gasteiger partial charge >= 0.3 is 6.09 Å². The minimum Gasteiger partial charge on any atom is -0.445 e. The Morgan fingerprint density at radius 1 is 1.29 bits per heavy atom. The van der Waals surface area contributed by atoms with Crippen molar-refractivity contribution in [2.75, 3.05) is 6.61 Å². The van der Waals surface area contributed by atoms with Crippen LogP contribution < -0.4 is 5.32 Å². The number of benzene rings is 1. The van der Waals surface area contributed by atoms with E-state index in [-0.39, 0.29) is 30.6 Å². The zero-order chi connectivity index (χ0) is 15.9. The van der Waals surface area contributed by atoms with E-state index in [1.165, 1.54) is 0 Å². The van der Waals surface area contributed by atoms with Crippen molar-refractivity contribution in [1.82, 2.24) is 5.32 Å². The lowest BCUT2D eigenvalue weighted by Gasteiger charge is -2.29. The number of rotatable bonds is 6. The summed E-state index contributed by atoms with van der Waals surface area (Å²) in [5.74, 6) is 0.180. The highest BCUT2D eigenvalue weighted by molar-refractivity contribution is 5.67. The molecule has 0 bridgehead atoms. The highest BCUT2D eigenvalue weighted by Gasteiger charge is 2.24. The molecule has 0 aliphatic carbocycles. The molecular formula is C17H27NO3. The fourth-order valence-electron chi connectivity index (χ4n) is 2.39. The van der Waals surface area contributed by atoms with Gasteiger partial charge in [-0.25, -0.2) is 4.79 Å². The summed E-state index contributed by atoms with van der Waals surface area (Å²) in [5, 5.41) is 12.2. The Balaban J connectivity index is 2.43. The predicted molar refractivity (Wildman–Crippen MR) is 83.9 cm³/mol. The number of carbonyl (C=O) groups is 1. The molecule has 0 spiro atoms. The van der Waals surface area contributed by atoms with Crippen molar-refractivity contribution in [1.29, 1.82) is 0 Å². The van der Waals surface area contributed by atoms with Crippen molar-refractivity contribution in [3.63, 3.8) is 0 Å². The van der Waals surface area contributed by atoms with Crippen LogP contribution in [0.25, 0.3) is 0 Å². The first kappa shape index (κ1) is 17.5. The summed E-state index contributed by atoms with van der Waals surface area (Å²) in [6, 6.07) is 9.24. The van der Waals surface area contributed by atoms with E-state index < -0.39 is 6.09 Å². The minimum atomic E-state index is -0.487. The van der Waals surface area contributed by atoms with E-state index in [0.29, 0.717) is 0 Å². The second-order valence-corrected chi connectivity index (χ2v) is 6.74. The van der Waals surface area contributed by atoms with Gasteiger partial charge in [-0.05, 0) is 23.3 Å². The van der Waals surface area contributed by atoms with Gasteiger partial charge in [0.05, 0.1) is 12.6 Å². The maximum Gasteiger partial charge on any atom is 0.407 e. The molecule has 0 saturated carbocycles. The van der Waals surface area contributed by atoms with Gasteiger partial charge in [0.2, 0.25) is 0 Å². The predicted octanol–water partition coefficient (Wildman–Crippen LogP) is 3.35. The van der Waals surface area contributed by atoms with Crippen molar-refractivity contribution < 1.29 is 14.6 Å². The maximum atomic E-state index is 11.8. The molecule has 1 amide bonds. The molecule has 1 unspecified atom stereocenters. The van der Waals surface area contributed by atoms with Gasteiger partial charge in [-0.1, -0.05) is 58.0 Å². The Kier molecular flexibility index (Phi) is 6.69. The van der Waals surface area contributed by atoms with E-state index in [4.69, 9.17) is 4.74 Å². The van der Waals surface area contributed by atoms with E-state index in [9.17, 15) is 9.90 Å². The highest BCUT2D eigenvalue weighted by atomic mass is 16.5. The molecule has 21 heavy (non-hydrogen) atoms. The molecule has 0 fully saturated rings. The molecule has 1 aromatic carbocycles. The summed E-state index contributed by atoms with van der Waals surface area (Å²) in [6.07, 6.45) is 0.427. The maximum absolute atomic E-state index is 11.8. The number of nitrogens with one attached hydrogen (secondary N) is 1. The minimum absolute atomic E-state index is 0.0856. The van der Waals surface area contributed by atoms with E-state index in [1.807, 2.05) is 37.3 Å². The van der Waals surface area contributed by atoms with Crippen LogP contribution in [0.2, 0.25) is 0 Å². The molecule has 0 saturated heterocycles. The lowest BCUT2D eigenvalue weighted by Crippen LogP contribution is -2.43. The largest absolute Gasteiger partial charge is 0.445 e. The Bertz CT molecular complexity index is 425. The highest BCUT2D eigenvalue weighted by Crippen LogP contribution is 2.26. The topological polar surface area (TPSA) is 58.6 Å². The van der Waals surface area contributed by atoms with Gasteiger partial charge in [0, 0.05) is 0 Å². The van der Waals surface area contributed by atoms with Gasteiger partial charge in [-0.2, -0.15) is 0 Å². The van der Waals surface area contributed by atoms with E-state index in [2.05, 4.69) is 26.1 Å². The van der Waals surface area contributed by atoms with Crippen molar-refractivity contribution in [3.8, 4) is 0 Å². The zero-order valence-electron chi connectivity index (χ0n) is 13.4. The number of hydrogen-bond donors (Lipinski definition) is 2. The summed E-state index contributed by atoms with van der Waals surface area (Å²) in [7, 11) is 0. The first-order valence-corrected chi connectivity index (χ1v) is 7.40. The molecule has 118 valence electrons. The molecule has 1 rings (SSSR count). The van der Waals surface area contributed by atoms with Crippen LogP contribution >= 0.6 is 0 Å². The number of alkyl carbamates (subject to hydrolysis) is 1. The summed E-state index contributed by atoms with van der Waals surface area (Å²) in [4.78, 5) is 11.8. The molecule has 1 aromatic rings. The van der Waals surface area contributed by atoms with Gasteiger partial charge in [-0.15, -0.1) is 0 Å².